The fourth-order valence-corrected chi connectivity index (χ4v) is 2.19. The zero-order valence-electron chi connectivity index (χ0n) is 11.1. The molecule has 1 amide bonds. The standard InChI is InChI=1S/C14H18BrNO3/c1-9-7-11(3-4-12(9)15)13(17)16-8-10(2)14-18-5-6-19-14/h3-4,7,10,14H,5-6,8H2,1-2H3,(H,16,17). The molecule has 1 unspecified atom stereocenters. The number of hydrogen-bond donors (Lipinski definition) is 1. The topological polar surface area (TPSA) is 47.6 Å². The molecule has 0 saturated carbocycles. The summed E-state index contributed by atoms with van der Waals surface area (Å²) in [6, 6.07) is 5.56. The fourth-order valence-electron chi connectivity index (χ4n) is 1.94. The summed E-state index contributed by atoms with van der Waals surface area (Å²) in [5.74, 6) is 0.0726. The summed E-state index contributed by atoms with van der Waals surface area (Å²) in [6.45, 7) is 5.77. The molecule has 1 N–H and O–H groups in total. The van der Waals surface area contributed by atoms with Crippen LogP contribution in [0.4, 0.5) is 0 Å². The Bertz CT molecular complexity index is 458. The molecule has 1 atom stereocenters. The number of hydrogen-bond acceptors (Lipinski definition) is 3. The molecule has 0 aromatic heterocycles. The quantitative estimate of drug-likeness (QED) is 0.924. The normalized spacial score (nSPS) is 17.4. The van der Waals surface area contributed by atoms with Crippen molar-refractivity contribution in [3.8, 4) is 0 Å². The van der Waals surface area contributed by atoms with E-state index < -0.39 is 0 Å². The first kappa shape index (κ1) is 14.5. The maximum Gasteiger partial charge on any atom is 0.251 e. The zero-order valence-corrected chi connectivity index (χ0v) is 12.7. The highest BCUT2D eigenvalue weighted by molar-refractivity contribution is 9.10. The number of ether oxygens (including phenoxy) is 2. The van der Waals surface area contributed by atoms with Crippen LogP contribution in [0.2, 0.25) is 0 Å². The number of halogens is 1. The first-order valence-corrected chi connectivity index (χ1v) is 7.15. The average molecular weight is 328 g/mol. The molecule has 104 valence electrons. The number of aryl methyl sites for hydroxylation is 1. The summed E-state index contributed by atoms with van der Waals surface area (Å²) in [4.78, 5) is 12.0. The van der Waals surface area contributed by atoms with Crippen LogP contribution in [0.1, 0.15) is 22.8 Å². The van der Waals surface area contributed by atoms with E-state index in [1.54, 1.807) is 6.07 Å². The van der Waals surface area contributed by atoms with Crippen molar-refractivity contribution >= 4 is 21.8 Å². The van der Waals surface area contributed by atoms with E-state index >= 15 is 0 Å². The molecule has 1 aliphatic rings. The van der Waals surface area contributed by atoms with Crippen molar-refractivity contribution in [2.24, 2.45) is 5.92 Å². The number of amides is 1. The lowest BCUT2D eigenvalue weighted by atomic mass is 10.1. The van der Waals surface area contributed by atoms with Gasteiger partial charge >= 0.3 is 0 Å². The molecular weight excluding hydrogens is 310 g/mol. The Morgan fingerprint density at radius 2 is 2.16 bits per heavy atom. The van der Waals surface area contributed by atoms with Crippen molar-refractivity contribution in [2.75, 3.05) is 19.8 Å². The lowest BCUT2D eigenvalue weighted by Crippen LogP contribution is -2.34. The molecule has 1 aliphatic heterocycles. The van der Waals surface area contributed by atoms with E-state index in [1.807, 2.05) is 26.0 Å². The van der Waals surface area contributed by atoms with Crippen molar-refractivity contribution in [3.05, 3.63) is 33.8 Å². The number of carbonyl (C=O) groups excluding carboxylic acids is 1. The van der Waals surface area contributed by atoms with Gasteiger partial charge in [0.2, 0.25) is 0 Å². The average Bonchev–Trinajstić information content (AvgIpc) is 2.92. The largest absolute Gasteiger partial charge is 0.352 e. The number of benzene rings is 1. The number of nitrogens with one attached hydrogen (secondary N) is 1. The van der Waals surface area contributed by atoms with Gasteiger partial charge in [0.1, 0.15) is 0 Å². The third-order valence-electron chi connectivity index (χ3n) is 3.12. The van der Waals surface area contributed by atoms with Gasteiger partial charge in [-0.25, -0.2) is 0 Å². The van der Waals surface area contributed by atoms with Crippen LogP contribution in [0.15, 0.2) is 22.7 Å². The van der Waals surface area contributed by atoms with Crippen LogP contribution in [-0.4, -0.2) is 32.0 Å². The Hall–Kier alpha value is -0.910. The van der Waals surface area contributed by atoms with Crippen molar-refractivity contribution in [2.45, 2.75) is 20.1 Å². The van der Waals surface area contributed by atoms with Gasteiger partial charge < -0.3 is 14.8 Å². The molecule has 0 aliphatic carbocycles. The predicted octanol–water partition coefficient (Wildman–Crippen LogP) is 2.50. The summed E-state index contributed by atoms with van der Waals surface area (Å²) in [6.07, 6.45) is -0.202. The summed E-state index contributed by atoms with van der Waals surface area (Å²) >= 11 is 3.42. The maximum absolute atomic E-state index is 12.0. The Kier molecular flexibility index (Phi) is 4.96. The third kappa shape index (κ3) is 3.78. The van der Waals surface area contributed by atoms with Gasteiger partial charge in [-0.05, 0) is 30.7 Å². The smallest absolute Gasteiger partial charge is 0.251 e. The van der Waals surface area contributed by atoms with E-state index in [-0.39, 0.29) is 18.1 Å². The number of rotatable bonds is 4. The molecule has 1 heterocycles. The van der Waals surface area contributed by atoms with Crippen molar-refractivity contribution in [1.29, 1.82) is 0 Å². The molecule has 1 aromatic carbocycles. The van der Waals surface area contributed by atoms with E-state index in [1.165, 1.54) is 0 Å². The maximum atomic E-state index is 12.0. The minimum atomic E-state index is -0.202. The van der Waals surface area contributed by atoms with E-state index in [4.69, 9.17) is 9.47 Å². The Morgan fingerprint density at radius 1 is 1.47 bits per heavy atom. The van der Waals surface area contributed by atoms with Gasteiger partial charge in [-0.15, -0.1) is 0 Å². The van der Waals surface area contributed by atoms with Gasteiger partial charge in [-0.3, -0.25) is 4.79 Å². The van der Waals surface area contributed by atoms with Gasteiger partial charge in [-0.2, -0.15) is 0 Å². The van der Waals surface area contributed by atoms with Gasteiger partial charge in [0.05, 0.1) is 13.2 Å². The Morgan fingerprint density at radius 3 is 2.79 bits per heavy atom. The lowest BCUT2D eigenvalue weighted by molar-refractivity contribution is -0.0769. The van der Waals surface area contributed by atoms with Crippen LogP contribution in [0.25, 0.3) is 0 Å². The Labute approximate surface area is 121 Å². The van der Waals surface area contributed by atoms with E-state index in [0.29, 0.717) is 25.3 Å². The zero-order chi connectivity index (χ0) is 13.8. The minimum absolute atomic E-state index is 0.0690. The van der Waals surface area contributed by atoms with Crippen LogP contribution in [0.5, 0.6) is 0 Å². The first-order chi connectivity index (χ1) is 9.08. The van der Waals surface area contributed by atoms with Crippen LogP contribution in [0.3, 0.4) is 0 Å². The molecule has 0 spiro atoms. The lowest BCUT2D eigenvalue weighted by Gasteiger charge is -2.18. The predicted molar refractivity (Wildman–Crippen MR) is 76.1 cm³/mol. The summed E-state index contributed by atoms with van der Waals surface area (Å²) in [5.41, 5.74) is 1.71. The van der Waals surface area contributed by atoms with Gasteiger partial charge in [0.25, 0.3) is 5.91 Å². The molecule has 4 nitrogen and oxygen atoms in total. The second kappa shape index (κ2) is 6.50. The highest BCUT2D eigenvalue weighted by atomic mass is 79.9. The molecule has 0 bridgehead atoms. The highest BCUT2D eigenvalue weighted by Gasteiger charge is 2.23. The third-order valence-corrected chi connectivity index (χ3v) is 4.01. The highest BCUT2D eigenvalue weighted by Crippen LogP contribution is 2.17. The van der Waals surface area contributed by atoms with E-state index in [9.17, 15) is 4.79 Å². The Balaban J connectivity index is 1.88. The van der Waals surface area contributed by atoms with E-state index in [0.717, 1.165) is 10.0 Å². The SMILES string of the molecule is Cc1cc(C(=O)NCC(C)C2OCCO2)ccc1Br. The molecule has 19 heavy (non-hydrogen) atoms. The number of carbonyl (C=O) groups is 1. The molecule has 1 aromatic rings. The van der Waals surface area contributed by atoms with Crippen LogP contribution in [-0.2, 0) is 9.47 Å². The summed E-state index contributed by atoms with van der Waals surface area (Å²) < 4.78 is 11.8. The van der Waals surface area contributed by atoms with Crippen molar-refractivity contribution in [1.82, 2.24) is 5.32 Å². The molecule has 0 radical (unpaired) electrons. The molecule has 2 rings (SSSR count). The van der Waals surface area contributed by atoms with Crippen LogP contribution < -0.4 is 5.32 Å². The molecule has 1 saturated heterocycles. The van der Waals surface area contributed by atoms with E-state index in [2.05, 4.69) is 21.2 Å². The molecular formula is C14H18BrNO3. The second-order valence-corrected chi connectivity index (χ2v) is 5.62. The van der Waals surface area contributed by atoms with Crippen molar-refractivity contribution in [3.63, 3.8) is 0 Å². The summed E-state index contributed by atoms with van der Waals surface area (Å²) in [7, 11) is 0. The van der Waals surface area contributed by atoms with Gasteiger partial charge in [0, 0.05) is 22.5 Å². The molecule has 5 heteroatoms. The second-order valence-electron chi connectivity index (χ2n) is 4.76. The molecule has 1 fully saturated rings. The van der Waals surface area contributed by atoms with Gasteiger partial charge in [-0.1, -0.05) is 22.9 Å². The van der Waals surface area contributed by atoms with Crippen molar-refractivity contribution < 1.29 is 14.3 Å². The summed E-state index contributed by atoms with van der Waals surface area (Å²) in [5, 5.41) is 2.91. The minimum Gasteiger partial charge on any atom is -0.352 e. The first-order valence-electron chi connectivity index (χ1n) is 6.35. The fraction of sp³-hybridized carbons (Fsp3) is 0.500. The van der Waals surface area contributed by atoms with Crippen LogP contribution in [0, 0.1) is 12.8 Å². The monoisotopic (exact) mass is 327 g/mol. The van der Waals surface area contributed by atoms with Crippen LogP contribution >= 0.6 is 15.9 Å². The van der Waals surface area contributed by atoms with Gasteiger partial charge in [0.15, 0.2) is 6.29 Å².